The molecule has 0 bridgehead atoms. The maximum Gasteiger partial charge on any atom is 0.316 e. The van der Waals surface area contributed by atoms with Gasteiger partial charge in [0.05, 0.1) is 0 Å². The Kier molecular flexibility index (Phi) is 2.29. The molecule has 0 unspecified atom stereocenters. The summed E-state index contributed by atoms with van der Waals surface area (Å²) in [6, 6.07) is 11.3. The second-order valence-electron chi connectivity index (χ2n) is 3.55. The van der Waals surface area contributed by atoms with Crippen molar-refractivity contribution in [1.82, 2.24) is 0 Å². The first-order chi connectivity index (χ1) is 7.15. The van der Waals surface area contributed by atoms with Gasteiger partial charge in [-0.05, 0) is 29.8 Å². The molecular formula is C12H12N2O. The quantitative estimate of drug-likeness (QED) is 0.730. The number of carbonyl (C=O) groups is 1. The SMILES string of the molecule is Cc1ccc2cc(NC(N)=O)ccc2c1. The molecule has 0 saturated carbocycles. The third kappa shape index (κ3) is 2.07. The Hall–Kier alpha value is -2.03. The molecule has 76 valence electrons. The van der Waals surface area contributed by atoms with Crippen molar-refractivity contribution in [2.24, 2.45) is 5.73 Å². The Balaban J connectivity index is 2.47. The van der Waals surface area contributed by atoms with E-state index in [0.717, 1.165) is 16.5 Å². The Morgan fingerprint density at radius 2 is 1.80 bits per heavy atom. The molecule has 15 heavy (non-hydrogen) atoms. The number of primary amides is 1. The highest BCUT2D eigenvalue weighted by atomic mass is 16.2. The molecular weight excluding hydrogens is 188 g/mol. The van der Waals surface area contributed by atoms with E-state index in [1.807, 2.05) is 30.3 Å². The van der Waals surface area contributed by atoms with Crippen LogP contribution in [0, 0.1) is 6.92 Å². The van der Waals surface area contributed by atoms with Gasteiger partial charge in [0.2, 0.25) is 0 Å². The van der Waals surface area contributed by atoms with Crippen molar-refractivity contribution in [1.29, 1.82) is 0 Å². The van der Waals surface area contributed by atoms with Gasteiger partial charge in [-0.25, -0.2) is 4.79 Å². The largest absolute Gasteiger partial charge is 0.351 e. The van der Waals surface area contributed by atoms with E-state index in [0.29, 0.717) is 0 Å². The van der Waals surface area contributed by atoms with E-state index in [1.165, 1.54) is 5.56 Å². The van der Waals surface area contributed by atoms with Crippen molar-refractivity contribution in [3.63, 3.8) is 0 Å². The molecule has 0 heterocycles. The molecule has 0 aliphatic heterocycles. The predicted octanol–water partition coefficient (Wildman–Crippen LogP) is 2.64. The lowest BCUT2D eigenvalue weighted by atomic mass is 10.1. The van der Waals surface area contributed by atoms with Crippen LogP contribution in [0.3, 0.4) is 0 Å². The summed E-state index contributed by atoms with van der Waals surface area (Å²) in [5.74, 6) is 0. The summed E-state index contributed by atoms with van der Waals surface area (Å²) in [6.07, 6.45) is 0. The lowest BCUT2D eigenvalue weighted by Gasteiger charge is -2.04. The molecule has 0 aromatic heterocycles. The minimum absolute atomic E-state index is 0.540. The number of urea groups is 1. The average molecular weight is 200 g/mol. The molecule has 0 atom stereocenters. The maximum atomic E-state index is 10.7. The fourth-order valence-corrected chi connectivity index (χ4v) is 1.59. The standard InChI is InChI=1S/C12H12N2O/c1-8-2-3-10-7-11(14-12(13)15)5-4-9(10)6-8/h2-7H,1H3,(H3,13,14,15). The van der Waals surface area contributed by atoms with E-state index in [1.54, 1.807) is 0 Å². The Labute approximate surface area is 87.9 Å². The van der Waals surface area contributed by atoms with Crippen LogP contribution in [0.15, 0.2) is 36.4 Å². The minimum Gasteiger partial charge on any atom is -0.351 e. The van der Waals surface area contributed by atoms with E-state index < -0.39 is 6.03 Å². The van der Waals surface area contributed by atoms with Crippen molar-refractivity contribution >= 4 is 22.5 Å². The summed E-state index contributed by atoms with van der Waals surface area (Å²) in [4.78, 5) is 10.7. The molecule has 2 rings (SSSR count). The van der Waals surface area contributed by atoms with Gasteiger partial charge in [0.1, 0.15) is 0 Å². The Bertz CT molecular complexity index is 520. The molecule has 3 heteroatoms. The van der Waals surface area contributed by atoms with E-state index in [-0.39, 0.29) is 0 Å². The molecule has 3 N–H and O–H groups in total. The molecule has 0 saturated heterocycles. The van der Waals surface area contributed by atoms with Crippen LogP contribution in [-0.2, 0) is 0 Å². The Morgan fingerprint density at radius 3 is 2.53 bits per heavy atom. The van der Waals surface area contributed by atoms with Crippen molar-refractivity contribution in [2.45, 2.75) is 6.92 Å². The van der Waals surface area contributed by atoms with E-state index in [9.17, 15) is 4.79 Å². The highest BCUT2D eigenvalue weighted by Gasteiger charge is 1.98. The molecule has 0 aliphatic rings. The molecule has 0 aliphatic carbocycles. The summed E-state index contributed by atoms with van der Waals surface area (Å²) in [5.41, 5.74) is 6.98. The number of anilines is 1. The zero-order valence-corrected chi connectivity index (χ0v) is 8.45. The van der Waals surface area contributed by atoms with Gasteiger partial charge in [0.15, 0.2) is 0 Å². The van der Waals surface area contributed by atoms with Crippen LogP contribution < -0.4 is 11.1 Å². The van der Waals surface area contributed by atoms with Gasteiger partial charge in [-0.2, -0.15) is 0 Å². The highest BCUT2D eigenvalue weighted by molar-refractivity contribution is 5.92. The van der Waals surface area contributed by atoms with Gasteiger partial charge < -0.3 is 11.1 Å². The van der Waals surface area contributed by atoms with Gasteiger partial charge in [0.25, 0.3) is 0 Å². The third-order valence-electron chi connectivity index (χ3n) is 2.26. The van der Waals surface area contributed by atoms with Crippen LogP contribution in [0.2, 0.25) is 0 Å². The summed E-state index contributed by atoms with van der Waals surface area (Å²) < 4.78 is 0. The number of amides is 2. The first kappa shape index (κ1) is 9.52. The van der Waals surface area contributed by atoms with Gasteiger partial charge in [-0.15, -0.1) is 0 Å². The first-order valence-electron chi connectivity index (χ1n) is 4.72. The van der Waals surface area contributed by atoms with Crippen molar-refractivity contribution in [2.75, 3.05) is 5.32 Å². The zero-order valence-electron chi connectivity index (χ0n) is 8.45. The average Bonchev–Trinajstić information content (AvgIpc) is 2.17. The number of nitrogens with one attached hydrogen (secondary N) is 1. The molecule has 2 aromatic carbocycles. The van der Waals surface area contributed by atoms with Gasteiger partial charge in [0, 0.05) is 5.69 Å². The number of aryl methyl sites for hydroxylation is 1. The van der Waals surface area contributed by atoms with Gasteiger partial charge in [-0.1, -0.05) is 29.8 Å². The number of rotatable bonds is 1. The smallest absolute Gasteiger partial charge is 0.316 e. The summed E-state index contributed by atoms with van der Waals surface area (Å²) in [6.45, 7) is 2.05. The van der Waals surface area contributed by atoms with E-state index in [4.69, 9.17) is 5.73 Å². The van der Waals surface area contributed by atoms with Crippen LogP contribution >= 0.6 is 0 Å². The summed E-state index contributed by atoms with van der Waals surface area (Å²) >= 11 is 0. The van der Waals surface area contributed by atoms with Crippen LogP contribution in [0.4, 0.5) is 10.5 Å². The summed E-state index contributed by atoms with van der Waals surface area (Å²) in [7, 11) is 0. The second-order valence-corrected chi connectivity index (χ2v) is 3.55. The van der Waals surface area contributed by atoms with Gasteiger partial charge >= 0.3 is 6.03 Å². The van der Waals surface area contributed by atoms with E-state index >= 15 is 0 Å². The molecule has 3 nitrogen and oxygen atoms in total. The lowest BCUT2D eigenvalue weighted by molar-refractivity contribution is 0.259. The van der Waals surface area contributed by atoms with E-state index in [2.05, 4.69) is 18.3 Å². The van der Waals surface area contributed by atoms with Crippen LogP contribution in [0.25, 0.3) is 10.8 Å². The van der Waals surface area contributed by atoms with Gasteiger partial charge in [-0.3, -0.25) is 0 Å². The number of carbonyl (C=O) groups excluding carboxylic acids is 1. The monoisotopic (exact) mass is 200 g/mol. The highest BCUT2D eigenvalue weighted by Crippen LogP contribution is 2.20. The number of benzene rings is 2. The predicted molar refractivity (Wildman–Crippen MR) is 61.9 cm³/mol. The summed E-state index contributed by atoms with van der Waals surface area (Å²) in [5, 5.41) is 4.80. The minimum atomic E-state index is -0.540. The van der Waals surface area contributed by atoms with Crippen molar-refractivity contribution in [3.05, 3.63) is 42.0 Å². The number of nitrogens with two attached hydrogens (primary N) is 1. The van der Waals surface area contributed by atoms with Crippen molar-refractivity contribution < 1.29 is 4.79 Å². The molecule has 0 radical (unpaired) electrons. The zero-order chi connectivity index (χ0) is 10.8. The number of fused-ring (bicyclic) bond motifs is 1. The van der Waals surface area contributed by atoms with Crippen LogP contribution in [0.1, 0.15) is 5.56 Å². The number of hydrogen-bond acceptors (Lipinski definition) is 1. The van der Waals surface area contributed by atoms with Crippen LogP contribution in [0.5, 0.6) is 0 Å². The Morgan fingerprint density at radius 1 is 1.13 bits per heavy atom. The first-order valence-corrected chi connectivity index (χ1v) is 4.72. The lowest BCUT2D eigenvalue weighted by Crippen LogP contribution is -2.19. The fourth-order valence-electron chi connectivity index (χ4n) is 1.59. The third-order valence-corrected chi connectivity index (χ3v) is 2.26. The van der Waals surface area contributed by atoms with Crippen molar-refractivity contribution in [3.8, 4) is 0 Å². The maximum absolute atomic E-state index is 10.7. The molecule has 2 amide bonds. The molecule has 0 spiro atoms. The molecule has 2 aromatic rings. The normalized spacial score (nSPS) is 10.2. The molecule has 0 fully saturated rings. The fraction of sp³-hybridized carbons (Fsp3) is 0.0833. The topological polar surface area (TPSA) is 55.1 Å². The van der Waals surface area contributed by atoms with Crippen LogP contribution in [-0.4, -0.2) is 6.03 Å². The number of hydrogen-bond donors (Lipinski definition) is 2. The second kappa shape index (κ2) is 3.61.